The lowest BCUT2D eigenvalue weighted by atomic mass is 10.2. The van der Waals surface area contributed by atoms with Crippen molar-refractivity contribution in [2.45, 2.75) is 18.7 Å². The van der Waals surface area contributed by atoms with Gasteiger partial charge >= 0.3 is 0 Å². The number of hydrogen-bond acceptors (Lipinski definition) is 7. The summed E-state index contributed by atoms with van der Waals surface area (Å²) in [5, 5.41) is 0.512. The molecule has 0 bridgehead atoms. The van der Waals surface area contributed by atoms with E-state index in [9.17, 15) is 13.2 Å². The lowest BCUT2D eigenvalue weighted by Gasteiger charge is -2.23. The zero-order valence-corrected chi connectivity index (χ0v) is 21.2. The lowest BCUT2D eigenvalue weighted by molar-refractivity contribution is 0.0982. The molecule has 1 heterocycles. The Balaban J connectivity index is 0.00000363. The van der Waals surface area contributed by atoms with Crippen LogP contribution in [0.15, 0.2) is 41.3 Å². The van der Waals surface area contributed by atoms with Crippen LogP contribution in [0.2, 0.25) is 0 Å². The second kappa shape index (κ2) is 10.6. The number of rotatable bonds is 8. The number of hydrogen-bond donors (Lipinski definition) is 0. The molecule has 0 spiro atoms. The quantitative estimate of drug-likeness (QED) is 0.467. The highest BCUT2D eigenvalue weighted by molar-refractivity contribution is 7.91. The summed E-state index contributed by atoms with van der Waals surface area (Å²) in [5.41, 5.74) is 1.89. The van der Waals surface area contributed by atoms with E-state index in [0.717, 1.165) is 10.3 Å². The van der Waals surface area contributed by atoms with Crippen LogP contribution in [0.3, 0.4) is 0 Å². The van der Waals surface area contributed by atoms with E-state index < -0.39 is 9.84 Å². The zero-order valence-electron chi connectivity index (χ0n) is 18.8. The molecule has 2 aromatic carbocycles. The predicted molar refractivity (Wildman–Crippen MR) is 133 cm³/mol. The van der Waals surface area contributed by atoms with Crippen molar-refractivity contribution in [3.8, 4) is 5.75 Å². The summed E-state index contributed by atoms with van der Waals surface area (Å²) in [6, 6.07) is 10.2. The van der Waals surface area contributed by atoms with Gasteiger partial charge in [-0.25, -0.2) is 13.4 Å². The highest BCUT2D eigenvalue weighted by Crippen LogP contribution is 2.37. The molecule has 0 saturated carbocycles. The number of aryl methyl sites for hydroxylation is 1. The Morgan fingerprint density at radius 2 is 1.81 bits per heavy atom. The number of amides is 1. The van der Waals surface area contributed by atoms with Crippen molar-refractivity contribution >= 4 is 54.8 Å². The van der Waals surface area contributed by atoms with E-state index in [-0.39, 0.29) is 34.5 Å². The van der Waals surface area contributed by atoms with Gasteiger partial charge in [-0.2, -0.15) is 0 Å². The molecule has 0 aliphatic rings. The second-order valence-corrected chi connectivity index (χ2v) is 10.6. The Hall–Kier alpha value is -2.20. The van der Waals surface area contributed by atoms with Gasteiger partial charge in [0.1, 0.15) is 11.3 Å². The maximum Gasteiger partial charge on any atom is 0.261 e. The molecule has 3 rings (SSSR count). The first-order valence-electron chi connectivity index (χ1n) is 9.92. The number of carbonyl (C=O) groups excluding carboxylic acids is 1. The molecule has 0 unspecified atom stereocenters. The van der Waals surface area contributed by atoms with Gasteiger partial charge in [-0.15, -0.1) is 12.4 Å². The van der Waals surface area contributed by atoms with Crippen LogP contribution < -0.4 is 9.64 Å². The molecule has 174 valence electrons. The fraction of sp³-hybridized carbons (Fsp3) is 0.364. The molecule has 0 N–H and O–H groups in total. The Morgan fingerprint density at radius 1 is 1.12 bits per heavy atom. The van der Waals surface area contributed by atoms with Crippen LogP contribution in [0.5, 0.6) is 5.75 Å². The summed E-state index contributed by atoms with van der Waals surface area (Å²) < 4.78 is 31.6. The molecule has 0 radical (unpaired) electrons. The van der Waals surface area contributed by atoms with E-state index in [0.29, 0.717) is 29.5 Å². The van der Waals surface area contributed by atoms with Gasteiger partial charge in [0, 0.05) is 13.1 Å². The molecule has 3 aromatic rings. The molecule has 0 fully saturated rings. The topological polar surface area (TPSA) is 79.8 Å². The smallest absolute Gasteiger partial charge is 0.261 e. The third kappa shape index (κ3) is 5.23. The molecule has 0 atom stereocenters. The van der Waals surface area contributed by atoms with Crippen molar-refractivity contribution in [1.29, 1.82) is 0 Å². The Bertz CT molecular complexity index is 1210. The molecule has 7 nitrogen and oxygen atoms in total. The second-order valence-electron chi connectivity index (χ2n) is 7.42. The van der Waals surface area contributed by atoms with Gasteiger partial charge < -0.3 is 9.64 Å². The normalized spacial score (nSPS) is 11.4. The number of halogens is 1. The fourth-order valence-corrected chi connectivity index (χ4v) is 5.34. The average Bonchev–Trinajstić information content (AvgIpc) is 3.20. The number of methoxy groups -OCH3 is 1. The van der Waals surface area contributed by atoms with Crippen LogP contribution >= 0.6 is 23.7 Å². The minimum absolute atomic E-state index is 0. The summed E-state index contributed by atoms with van der Waals surface area (Å²) in [4.78, 5) is 21.9. The fourth-order valence-electron chi connectivity index (χ4n) is 3.18. The summed E-state index contributed by atoms with van der Waals surface area (Å²) in [7, 11) is 1.87. The van der Waals surface area contributed by atoms with Gasteiger partial charge in [0.15, 0.2) is 15.0 Å². The Morgan fingerprint density at radius 3 is 2.44 bits per heavy atom. The van der Waals surface area contributed by atoms with Gasteiger partial charge in [0.2, 0.25) is 0 Å². The molecule has 1 aromatic heterocycles. The Kier molecular flexibility index (Phi) is 8.64. The summed E-state index contributed by atoms with van der Waals surface area (Å²) in [5.74, 6) is 0.175. The molecule has 0 aliphatic carbocycles. The van der Waals surface area contributed by atoms with Crippen molar-refractivity contribution in [2.75, 3.05) is 44.9 Å². The number of anilines is 1. The molecular weight excluding hydrogens is 470 g/mol. The van der Waals surface area contributed by atoms with Gasteiger partial charge in [0.05, 0.1) is 28.0 Å². The number of ether oxygens (including phenoxy) is 1. The number of thiazole rings is 1. The van der Waals surface area contributed by atoms with Crippen molar-refractivity contribution in [2.24, 2.45) is 0 Å². The van der Waals surface area contributed by atoms with Crippen LogP contribution in [0.25, 0.3) is 10.2 Å². The van der Waals surface area contributed by atoms with E-state index in [4.69, 9.17) is 9.72 Å². The van der Waals surface area contributed by atoms with Crippen LogP contribution in [-0.2, 0) is 9.84 Å². The van der Waals surface area contributed by atoms with Crippen molar-refractivity contribution in [3.63, 3.8) is 0 Å². The summed E-state index contributed by atoms with van der Waals surface area (Å²) in [6.07, 6.45) is 0. The largest absolute Gasteiger partial charge is 0.494 e. The van der Waals surface area contributed by atoms with Crippen LogP contribution in [0.1, 0.15) is 22.8 Å². The van der Waals surface area contributed by atoms with Crippen LogP contribution in [0, 0.1) is 6.92 Å². The first kappa shape index (κ1) is 26.1. The van der Waals surface area contributed by atoms with Crippen LogP contribution in [0.4, 0.5) is 5.13 Å². The maximum atomic E-state index is 13.6. The molecule has 10 heteroatoms. The number of fused-ring (bicyclic) bond motifs is 1. The number of sulfone groups is 1. The van der Waals surface area contributed by atoms with Gasteiger partial charge in [-0.3, -0.25) is 9.69 Å². The predicted octanol–water partition coefficient (Wildman–Crippen LogP) is 4.04. The van der Waals surface area contributed by atoms with Crippen LogP contribution in [-0.4, -0.2) is 64.3 Å². The van der Waals surface area contributed by atoms with E-state index in [1.165, 1.54) is 17.4 Å². The van der Waals surface area contributed by atoms with Gasteiger partial charge in [-0.1, -0.05) is 36.5 Å². The van der Waals surface area contributed by atoms with E-state index >= 15 is 0 Å². The zero-order chi connectivity index (χ0) is 22.8. The number of carbonyl (C=O) groups is 1. The minimum Gasteiger partial charge on any atom is -0.494 e. The van der Waals surface area contributed by atoms with E-state index in [1.54, 1.807) is 37.1 Å². The summed E-state index contributed by atoms with van der Waals surface area (Å²) in [6.45, 7) is 4.52. The van der Waals surface area contributed by atoms with Crippen molar-refractivity contribution < 1.29 is 17.9 Å². The lowest BCUT2D eigenvalue weighted by Crippen LogP contribution is -2.37. The number of nitrogens with zero attached hydrogens (tertiary/aromatic N) is 3. The SMILES string of the molecule is CCS(=O)(=O)c1ccccc1C(=O)N(CCN(C)C)c1nc2c(OC)ccc(C)c2s1.Cl. The third-order valence-corrected chi connectivity index (χ3v) is 7.99. The Labute approximate surface area is 199 Å². The molecular formula is C22H28ClN3O4S2. The number of aromatic nitrogens is 1. The number of benzene rings is 2. The highest BCUT2D eigenvalue weighted by atomic mass is 35.5. The van der Waals surface area contributed by atoms with Gasteiger partial charge in [0.25, 0.3) is 5.91 Å². The monoisotopic (exact) mass is 497 g/mol. The average molecular weight is 498 g/mol. The standard InChI is InChI=1S/C22H27N3O4S2.ClH/c1-6-31(27,28)18-10-8-7-9-16(18)21(26)25(14-13-24(3)4)22-23-19-17(29-5)12-11-15(2)20(19)30-22;/h7-12H,6,13-14H2,1-5H3;1H. The molecule has 0 saturated heterocycles. The first-order chi connectivity index (χ1) is 14.7. The third-order valence-electron chi connectivity index (χ3n) is 4.99. The van der Waals surface area contributed by atoms with Gasteiger partial charge in [-0.05, 0) is 44.8 Å². The van der Waals surface area contributed by atoms with Crippen molar-refractivity contribution in [3.05, 3.63) is 47.5 Å². The molecule has 0 aliphatic heterocycles. The van der Waals surface area contributed by atoms with Crippen molar-refractivity contribution in [1.82, 2.24) is 9.88 Å². The first-order valence-corrected chi connectivity index (χ1v) is 12.4. The number of likely N-dealkylation sites (N-methyl/N-ethyl adjacent to an activating group) is 1. The molecule has 32 heavy (non-hydrogen) atoms. The summed E-state index contributed by atoms with van der Waals surface area (Å²) >= 11 is 1.40. The van der Waals surface area contributed by atoms with E-state index in [2.05, 4.69) is 0 Å². The highest BCUT2D eigenvalue weighted by Gasteiger charge is 2.27. The maximum absolute atomic E-state index is 13.6. The van der Waals surface area contributed by atoms with E-state index in [1.807, 2.05) is 38.1 Å². The minimum atomic E-state index is -3.56. The molecule has 1 amide bonds.